The number of rotatable bonds is 4. The summed E-state index contributed by atoms with van der Waals surface area (Å²) in [5, 5.41) is 9.09. The average molecular weight is 330 g/mol. The molecule has 2 aliphatic heterocycles. The van der Waals surface area contributed by atoms with Crippen molar-refractivity contribution in [2.24, 2.45) is 5.92 Å². The lowest BCUT2D eigenvalue weighted by Gasteiger charge is -2.28. The van der Waals surface area contributed by atoms with E-state index in [0.717, 1.165) is 11.1 Å². The molecule has 6 nitrogen and oxygen atoms in total. The lowest BCUT2D eigenvalue weighted by atomic mass is 10.1. The van der Waals surface area contributed by atoms with Crippen LogP contribution in [0.2, 0.25) is 0 Å². The van der Waals surface area contributed by atoms with E-state index in [1.165, 1.54) is 0 Å². The highest BCUT2D eigenvalue weighted by molar-refractivity contribution is 5.91. The van der Waals surface area contributed by atoms with Gasteiger partial charge in [-0.2, -0.15) is 0 Å². The number of aliphatic carboxylic acids is 1. The maximum absolute atomic E-state index is 12.8. The second-order valence-corrected chi connectivity index (χ2v) is 6.67. The average Bonchev–Trinajstić information content (AvgIpc) is 3.17. The molecule has 0 unspecified atom stereocenters. The molecule has 2 heterocycles. The summed E-state index contributed by atoms with van der Waals surface area (Å²) in [6.45, 7) is 3.13. The van der Waals surface area contributed by atoms with E-state index in [2.05, 4.69) is 0 Å². The number of benzene rings is 1. The van der Waals surface area contributed by atoms with E-state index in [4.69, 9.17) is 5.11 Å². The molecule has 2 atom stereocenters. The molecule has 1 N–H and O–H groups in total. The molecule has 0 spiro atoms. The van der Waals surface area contributed by atoms with Crippen molar-refractivity contribution in [2.45, 2.75) is 38.8 Å². The molecule has 2 aliphatic rings. The van der Waals surface area contributed by atoms with E-state index in [1.807, 2.05) is 31.2 Å². The van der Waals surface area contributed by atoms with Crippen LogP contribution in [0.4, 0.5) is 0 Å². The molecule has 0 radical (unpaired) electrons. The summed E-state index contributed by atoms with van der Waals surface area (Å²) in [5.74, 6) is -1.47. The number of hydrogen-bond acceptors (Lipinski definition) is 3. The number of hydrogen-bond donors (Lipinski definition) is 1. The minimum atomic E-state index is -0.857. The third-order valence-electron chi connectivity index (χ3n) is 4.94. The summed E-state index contributed by atoms with van der Waals surface area (Å²) in [5.41, 5.74) is 2.15. The van der Waals surface area contributed by atoms with Crippen molar-refractivity contribution in [3.63, 3.8) is 0 Å². The van der Waals surface area contributed by atoms with Gasteiger partial charge in [-0.3, -0.25) is 14.4 Å². The molecule has 2 saturated heterocycles. The molecule has 128 valence electrons. The normalized spacial score (nSPS) is 23.8. The number of amides is 2. The van der Waals surface area contributed by atoms with Crippen LogP contribution in [-0.4, -0.2) is 51.8 Å². The van der Waals surface area contributed by atoms with Crippen molar-refractivity contribution >= 4 is 17.8 Å². The van der Waals surface area contributed by atoms with Crippen LogP contribution in [-0.2, 0) is 20.9 Å². The predicted octanol–water partition coefficient (Wildman–Crippen LogP) is 1.42. The fraction of sp³-hybridized carbons (Fsp3) is 0.500. The van der Waals surface area contributed by atoms with Crippen molar-refractivity contribution in [3.05, 3.63) is 35.4 Å². The highest BCUT2D eigenvalue weighted by Crippen LogP contribution is 2.26. The molecule has 3 rings (SSSR count). The van der Waals surface area contributed by atoms with E-state index < -0.39 is 17.9 Å². The van der Waals surface area contributed by atoms with Crippen LogP contribution in [0.15, 0.2) is 24.3 Å². The second kappa shape index (κ2) is 6.63. The Labute approximate surface area is 141 Å². The third-order valence-corrected chi connectivity index (χ3v) is 4.94. The molecule has 0 saturated carbocycles. The van der Waals surface area contributed by atoms with E-state index in [1.54, 1.807) is 9.80 Å². The zero-order valence-corrected chi connectivity index (χ0v) is 13.8. The van der Waals surface area contributed by atoms with Crippen molar-refractivity contribution < 1.29 is 19.5 Å². The van der Waals surface area contributed by atoms with E-state index in [9.17, 15) is 14.4 Å². The summed E-state index contributed by atoms with van der Waals surface area (Å²) >= 11 is 0. The van der Waals surface area contributed by atoms with Gasteiger partial charge in [0.1, 0.15) is 6.04 Å². The van der Waals surface area contributed by atoms with Gasteiger partial charge in [-0.15, -0.1) is 0 Å². The van der Waals surface area contributed by atoms with E-state index in [-0.39, 0.29) is 18.4 Å². The number of carboxylic acids is 1. The van der Waals surface area contributed by atoms with Gasteiger partial charge in [0.15, 0.2) is 0 Å². The van der Waals surface area contributed by atoms with Gasteiger partial charge in [-0.25, -0.2) is 0 Å². The van der Waals surface area contributed by atoms with Crippen molar-refractivity contribution in [3.8, 4) is 0 Å². The highest BCUT2D eigenvalue weighted by Gasteiger charge is 2.41. The fourth-order valence-electron chi connectivity index (χ4n) is 3.45. The molecule has 24 heavy (non-hydrogen) atoms. The quantitative estimate of drug-likeness (QED) is 0.906. The van der Waals surface area contributed by atoms with Gasteiger partial charge in [0.2, 0.25) is 11.8 Å². The minimum Gasteiger partial charge on any atom is -0.481 e. The Bertz CT molecular complexity index is 655. The number of carbonyl (C=O) groups is 3. The van der Waals surface area contributed by atoms with Crippen LogP contribution in [0.1, 0.15) is 30.4 Å². The zero-order valence-electron chi connectivity index (χ0n) is 13.8. The molecule has 1 aromatic carbocycles. The molecule has 0 aromatic heterocycles. The van der Waals surface area contributed by atoms with Crippen LogP contribution >= 0.6 is 0 Å². The van der Waals surface area contributed by atoms with Crippen LogP contribution in [0.3, 0.4) is 0 Å². The lowest BCUT2D eigenvalue weighted by molar-refractivity contribution is -0.143. The smallest absolute Gasteiger partial charge is 0.308 e. The largest absolute Gasteiger partial charge is 0.481 e. The first-order valence-corrected chi connectivity index (χ1v) is 8.32. The van der Waals surface area contributed by atoms with Gasteiger partial charge in [-0.05, 0) is 25.3 Å². The third kappa shape index (κ3) is 3.27. The second-order valence-electron chi connectivity index (χ2n) is 6.67. The first-order chi connectivity index (χ1) is 11.5. The Morgan fingerprint density at radius 3 is 2.54 bits per heavy atom. The number of carbonyl (C=O) groups excluding carboxylic acids is 2. The highest BCUT2D eigenvalue weighted by atomic mass is 16.4. The molecule has 2 fully saturated rings. The van der Waals surface area contributed by atoms with Gasteiger partial charge in [0.25, 0.3) is 0 Å². The molecular weight excluding hydrogens is 308 g/mol. The minimum absolute atomic E-state index is 0.0112. The Balaban J connectivity index is 1.69. The monoisotopic (exact) mass is 330 g/mol. The Hall–Kier alpha value is -2.37. The van der Waals surface area contributed by atoms with E-state index in [0.29, 0.717) is 32.4 Å². The molecule has 1 aromatic rings. The van der Waals surface area contributed by atoms with Crippen LogP contribution < -0.4 is 0 Å². The standard InChI is InChI=1S/C18H22N2O4/c1-12-2-4-13(5-3-12)10-20-15(6-7-16(20)21)17(22)19-9-8-14(11-19)18(23)24/h2-5,14-15H,6-11H2,1H3,(H,23,24)/t14-,15+/m0/s1. The number of nitrogens with zero attached hydrogens (tertiary/aromatic N) is 2. The Kier molecular flexibility index (Phi) is 4.55. The first-order valence-electron chi connectivity index (χ1n) is 8.32. The number of carboxylic acid groups (broad SMARTS) is 1. The maximum Gasteiger partial charge on any atom is 0.308 e. The van der Waals surface area contributed by atoms with Crippen LogP contribution in [0.25, 0.3) is 0 Å². The first kappa shape index (κ1) is 16.5. The summed E-state index contributed by atoms with van der Waals surface area (Å²) < 4.78 is 0. The van der Waals surface area contributed by atoms with E-state index >= 15 is 0 Å². The summed E-state index contributed by atoms with van der Waals surface area (Å²) in [6.07, 6.45) is 1.37. The predicted molar refractivity (Wildman–Crippen MR) is 87.1 cm³/mol. The lowest BCUT2D eigenvalue weighted by Crippen LogP contribution is -2.45. The van der Waals surface area contributed by atoms with Gasteiger partial charge in [0, 0.05) is 26.1 Å². The summed E-state index contributed by atoms with van der Waals surface area (Å²) in [7, 11) is 0. The SMILES string of the molecule is Cc1ccc(CN2C(=O)CC[C@@H]2C(=O)N2CC[C@H](C(=O)O)C2)cc1. The summed E-state index contributed by atoms with van der Waals surface area (Å²) in [6, 6.07) is 7.46. The van der Waals surface area contributed by atoms with Gasteiger partial charge < -0.3 is 14.9 Å². The molecule has 0 bridgehead atoms. The Morgan fingerprint density at radius 2 is 1.92 bits per heavy atom. The zero-order chi connectivity index (χ0) is 17.3. The number of likely N-dealkylation sites (tertiary alicyclic amines) is 2. The van der Waals surface area contributed by atoms with Gasteiger partial charge in [0.05, 0.1) is 5.92 Å². The topological polar surface area (TPSA) is 77.9 Å². The van der Waals surface area contributed by atoms with Gasteiger partial charge >= 0.3 is 5.97 Å². The molecule has 6 heteroatoms. The maximum atomic E-state index is 12.8. The Morgan fingerprint density at radius 1 is 1.21 bits per heavy atom. The fourth-order valence-corrected chi connectivity index (χ4v) is 3.45. The van der Waals surface area contributed by atoms with Crippen molar-refractivity contribution in [1.29, 1.82) is 0 Å². The number of aryl methyl sites for hydroxylation is 1. The van der Waals surface area contributed by atoms with Crippen LogP contribution in [0, 0.1) is 12.8 Å². The molecule has 2 amide bonds. The van der Waals surface area contributed by atoms with Crippen LogP contribution in [0.5, 0.6) is 0 Å². The molecule has 0 aliphatic carbocycles. The van der Waals surface area contributed by atoms with Crippen molar-refractivity contribution in [2.75, 3.05) is 13.1 Å². The van der Waals surface area contributed by atoms with Crippen molar-refractivity contribution in [1.82, 2.24) is 9.80 Å². The van der Waals surface area contributed by atoms with Gasteiger partial charge in [-0.1, -0.05) is 29.8 Å². The molecular formula is C18H22N2O4. The summed E-state index contributed by atoms with van der Waals surface area (Å²) in [4.78, 5) is 39.3.